The molecule has 3 N–H and O–H groups in total. The van der Waals surface area contributed by atoms with Gasteiger partial charge in [-0.05, 0) is 32.1 Å². The molecule has 0 spiro atoms. The van der Waals surface area contributed by atoms with E-state index >= 15 is 0 Å². The van der Waals surface area contributed by atoms with Gasteiger partial charge < -0.3 is 0 Å². The maximum Gasteiger partial charge on any atom is 0.343 e. The maximum absolute atomic E-state index is 6.45. The molecule has 2 fully saturated rings. The van der Waals surface area contributed by atoms with Crippen molar-refractivity contribution in [2.45, 2.75) is 96.1 Å². The molecule has 0 aromatic rings. The average molecular weight is 280 g/mol. The summed E-state index contributed by atoms with van der Waals surface area (Å²) >= 11 is 0. The zero-order valence-electron chi connectivity index (χ0n) is 13.4. The number of nitrogens with one attached hydrogen (secondary N) is 1. The molecule has 2 aliphatic carbocycles. The summed E-state index contributed by atoms with van der Waals surface area (Å²) < 4.78 is 2.59. The summed E-state index contributed by atoms with van der Waals surface area (Å²) in [6, 6.07) is 1.39. The first-order chi connectivity index (χ1) is 9.83. The minimum Gasteiger partial charge on any atom is -0.291 e. The molecule has 0 heterocycles. The fourth-order valence-corrected chi connectivity index (χ4v) is 3.89. The van der Waals surface area contributed by atoms with Crippen LogP contribution in [0.1, 0.15) is 84.0 Å². The highest BCUT2D eigenvalue weighted by molar-refractivity contribution is 5.72. The normalized spacial score (nSPS) is 21.6. The van der Waals surface area contributed by atoms with Gasteiger partial charge in [-0.15, -0.1) is 0 Å². The molecular weight excluding hydrogens is 246 g/mol. The Balaban J connectivity index is 2.06. The highest BCUT2D eigenvalue weighted by atomic mass is 15.2. The van der Waals surface area contributed by atoms with Gasteiger partial charge >= 0.3 is 5.96 Å². The molecule has 3 nitrogen and oxygen atoms in total. The van der Waals surface area contributed by atoms with Crippen molar-refractivity contribution >= 4 is 5.96 Å². The van der Waals surface area contributed by atoms with Crippen LogP contribution in [0, 0.1) is 0 Å². The van der Waals surface area contributed by atoms with E-state index in [1.54, 1.807) is 0 Å². The van der Waals surface area contributed by atoms with E-state index in [-0.39, 0.29) is 0 Å². The maximum atomic E-state index is 6.45. The number of guanidine groups is 1. The van der Waals surface area contributed by atoms with Gasteiger partial charge in [0.05, 0.1) is 18.6 Å². The second kappa shape index (κ2) is 8.53. The molecule has 0 aliphatic heterocycles. The van der Waals surface area contributed by atoms with Crippen molar-refractivity contribution in [3.05, 3.63) is 0 Å². The minimum absolute atomic E-state index is 0.695. The fraction of sp³-hybridized carbons (Fsp3) is 0.941. The molecule has 0 saturated heterocycles. The van der Waals surface area contributed by atoms with E-state index in [9.17, 15) is 0 Å². The molecule has 0 unspecified atom stereocenters. The van der Waals surface area contributed by atoms with Gasteiger partial charge in [-0.25, -0.2) is 0 Å². The Labute approximate surface area is 125 Å². The van der Waals surface area contributed by atoms with Crippen molar-refractivity contribution in [1.82, 2.24) is 5.32 Å². The number of nitrogens with zero attached hydrogens (tertiary/aromatic N) is 1. The lowest BCUT2D eigenvalue weighted by Gasteiger charge is -2.33. The van der Waals surface area contributed by atoms with Gasteiger partial charge in [0, 0.05) is 0 Å². The lowest BCUT2D eigenvalue weighted by Crippen LogP contribution is -2.50. The van der Waals surface area contributed by atoms with Gasteiger partial charge in [-0.2, -0.15) is 0 Å². The van der Waals surface area contributed by atoms with Crippen LogP contribution in [0.2, 0.25) is 0 Å². The molecular formula is C17H34N3+. The van der Waals surface area contributed by atoms with E-state index in [2.05, 4.69) is 16.8 Å². The lowest BCUT2D eigenvalue weighted by atomic mass is 9.90. The van der Waals surface area contributed by atoms with Crippen LogP contribution < -0.4 is 11.1 Å². The van der Waals surface area contributed by atoms with E-state index in [0.29, 0.717) is 12.1 Å². The number of nitrogens with two attached hydrogens (primary N) is 1. The predicted molar refractivity (Wildman–Crippen MR) is 86.1 cm³/mol. The summed E-state index contributed by atoms with van der Waals surface area (Å²) in [7, 11) is 0. The van der Waals surface area contributed by atoms with Gasteiger partial charge in [0.15, 0.2) is 0 Å². The average Bonchev–Trinajstić information content (AvgIpc) is 2.50. The zero-order valence-corrected chi connectivity index (χ0v) is 13.4. The van der Waals surface area contributed by atoms with Crippen molar-refractivity contribution in [2.24, 2.45) is 5.73 Å². The monoisotopic (exact) mass is 280 g/mol. The Morgan fingerprint density at radius 1 is 0.950 bits per heavy atom. The standard InChI is InChI=1S/C17H33N3/c1-2-3-14-19-17(18)20(15-10-6-4-7-11-15)16-12-8-5-9-13-16/h15-16H,2-14H2,1H3,(H2,18,19)/p+1. The molecule has 0 amide bonds. The van der Waals surface area contributed by atoms with E-state index in [0.717, 1.165) is 12.5 Å². The first-order valence-electron chi connectivity index (χ1n) is 8.97. The number of hydrogen-bond acceptors (Lipinski definition) is 0. The molecule has 0 bridgehead atoms. The third-order valence-corrected chi connectivity index (χ3v) is 5.05. The highest BCUT2D eigenvalue weighted by Gasteiger charge is 2.29. The molecule has 0 aromatic carbocycles. The van der Waals surface area contributed by atoms with Crippen LogP contribution in [0.5, 0.6) is 0 Å². The van der Waals surface area contributed by atoms with Crippen LogP contribution in [-0.2, 0) is 0 Å². The summed E-state index contributed by atoms with van der Waals surface area (Å²) in [5, 5.41) is 3.50. The van der Waals surface area contributed by atoms with Crippen molar-refractivity contribution in [3.63, 3.8) is 0 Å². The molecule has 2 saturated carbocycles. The Morgan fingerprint density at radius 2 is 1.45 bits per heavy atom. The topological polar surface area (TPSA) is 41.1 Å². The first kappa shape index (κ1) is 15.7. The molecule has 116 valence electrons. The summed E-state index contributed by atoms with van der Waals surface area (Å²) in [6.07, 6.45) is 16.2. The molecule has 2 aliphatic rings. The van der Waals surface area contributed by atoms with E-state index in [1.807, 2.05) is 0 Å². The SMILES string of the molecule is CCCCNC(N)=[N+](C1CCCCC1)C1CCCCC1. The van der Waals surface area contributed by atoms with Crippen LogP contribution in [0.4, 0.5) is 0 Å². The van der Waals surface area contributed by atoms with E-state index < -0.39 is 0 Å². The Bertz CT molecular complexity index is 279. The van der Waals surface area contributed by atoms with E-state index in [1.165, 1.54) is 77.0 Å². The number of hydrogen-bond donors (Lipinski definition) is 2. The second-order valence-electron chi connectivity index (χ2n) is 6.66. The lowest BCUT2D eigenvalue weighted by molar-refractivity contribution is -0.610. The van der Waals surface area contributed by atoms with Crippen molar-refractivity contribution in [2.75, 3.05) is 6.54 Å². The van der Waals surface area contributed by atoms with Gasteiger partial charge in [0.1, 0.15) is 0 Å². The predicted octanol–water partition coefficient (Wildman–Crippen LogP) is 3.37. The van der Waals surface area contributed by atoms with Crippen molar-refractivity contribution in [1.29, 1.82) is 0 Å². The van der Waals surface area contributed by atoms with Crippen LogP contribution >= 0.6 is 0 Å². The molecule has 0 radical (unpaired) electrons. The summed E-state index contributed by atoms with van der Waals surface area (Å²) in [4.78, 5) is 0. The van der Waals surface area contributed by atoms with Gasteiger partial charge in [0.25, 0.3) is 0 Å². The summed E-state index contributed by atoms with van der Waals surface area (Å²) in [6.45, 7) is 3.26. The van der Waals surface area contributed by atoms with Gasteiger partial charge in [0.2, 0.25) is 0 Å². The third kappa shape index (κ3) is 4.39. The highest BCUT2D eigenvalue weighted by Crippen LogP contribution is 2.27. The number of unbranched alkanes of at least 4 members (excludes halogenated alkanes) is 1. The van der Waals surface area contributed by atoms with Gasteiger partial charge in [-0.1, -0.05) is 51.9 Å². The van der Waals surface area contributed by atoms with Gasteiger partial charge in [-0.3, -0.25) is 15.6 Å². The first-order valence-corrected chi connectivity index (χ1v) is 8.97. The van der Waals surface area contributed by atoms with Crippen LogP contribution in [0.15, 0.2) is 0 Å². The Kier molecular flexibility index (Phi) is 6.68. The van der Waals surface area contributed by atoms with Crippen molar-refractivity contribution < 1.29 is 4.58 Å². The summed E-state index contributed by atoms with van der Waals surface area (Å²) in [5.41, 5.74) is 6.45. The second-order valence-corrected chi connectivity index (χ2v) is 6.66. The Hall–Kier alpha value is -0.730. The largest absolute Gasteiger partial charge is 0.343 e. The quantitative estimate of drug-likeness (QED) is 0.351. The molecule has 20 heavy (non-hydrogen) atoms. The van der Waals surface area contributed by atoms with E-state index in [4.69, 9.17) is 5.73 Å². The van der Waals surface area contributed by atoms with Crippen LogP contribution in [0.3, 0.4) is 0 Å². The Morgan fingerprint density at radius 3 is 1.90 bits per heavy atom. The van der Waals surface area contributed by atoms with Crippen LogP contribution in [0.25, 0.3) is 0 Å². The molecule has 0 atom stereocenters. The van der Waals surface area contributed by atoms with Crippen molar-refractivity contribution in [3.8, 4) is 0 Å². The zero-order chi connectivity index (χ0) is 14.2. The number of rotatable bonds is 5. The minimum atomic E-state index is 0.695. The fourth-order valence-electron chi connectivity index (χ4n) is 3.89. The molecule has 0 aromatic heterocycles. The third-order valence-electron chi connectivity index (χ3n) is 5.05. The van der Waals surface area contributed by atoms with Crippen LogP contribution in [-0.4, -0.2) is 29.2 Å². The summed E-state index contributed by atoms with van der Waals surface area (Å²) in [5.74, 6) is 0.970. The smallest absolute Gasteiger partial charge is 0.291 e. The molecule has 2 rings (SSSR count). The molecule has 3 heteroatoms.